The monoisotopic (exact) mass is 366 g/mol. The Morgan fingerprint density at radius 2 is 0.611 bits per heavy atom. The highest BCUT2D eigenvalue weighted by Crippen LogP contribution is 1.93. The van der Waals surface area contributed by atoms with E-state index in [1.54, 1.807) is 35.3 Å². The first-order chi connectivity index (χ1) is 6.81. The van der Waals surface area contributed by atoms with Gasteiger partial charge in [0.25, 0.3) is 0 Å². The highest BCUT2D eigenvalue weighted by atomic mass is 32.2. The van der Waals surface area contributed by atoms with E-state index in [-0.39, 0.29) is 22.3 Å². The van der Waals surface area contributed by atoms with Crippen molar-refractivity contribution in [1.82, 2.24) is 0 Å². The fourth-order valence-corrected chi connectivity index (χ4v) is 0. The van der Waals surface area contributed by atoms with Crippen LogP contribution in [0.15, 0.2) is 0 Å². The molecule has 0 heterocycles. The van der Waals surface area contributed by atoms with Gasteiger partial charge in [0.15, 0.2) is 0 Å². The van der Waals surface area contributed by atoms with E-state index in [9.17, 15) is 0 Å². The minimum absolute atomic E-state index is 0. The molecule has 114 valence electrons. The van der Waals surface area contributed by atoms with Crippen LogP contribution in [0.1, 0.15) is 43.1 Å². The molecule has 18 heavy (non-hydrogen) atoms. The molecule has 0 saturated carbocycles. The number of rotatable bonds is 0. The average molecular weight is 367 g/mol. The second-order valence-corrected chi connectivity index (χ2v) is 7.76. The molecule has 0 nitrogen and oxygen atoms in total. The van der Waals surface area contributed by atoms with Gasteiger partial charge in [-0.25, -0.2) is 0 Å². The fraction of sp³-hybridized carbons (Fsp3) is 0.750. The van der Waals surface area contributed by atoms with Gasteiger partial charge in [-0.3, -0.25) is 0 Å². The summed E-state index contributed by atoms with van der Waals surface area (Å²) in [4.78, 5) is 0. The predicted molar refractivity (Wildman–Crippen MR) is 116 cm³/mol. The zero-order chi connectivity index (χ0) is 12.9. The van der Waals surface area contributed by atoms with Crippen molar-refractivity contribution in [2.24, 2.45) is 0 Å². The molecule has 0 N–H and O–H groups in total. The maximum Gasteiger partial charge on any atom is 0.0444 e. The van der Waals surface area contributed by atoms with E-state index in [0.29, 0.717) is 0 Å². The van der Waals surface area contributed by atoms with E-state index in [0.717, 1.165) is 12.6 Å². The third kappa shape index (κ3) is 86.1. The number of hydrogen-bond acceptors (Lipinski definition) is 6. The van der Waals surface area contributed by atoms with Gasteiger partial charge in [0.1, 0.15) is 0 Å². The SMILES string of the molecule is C.C.C.CSC(C)=S.CSC(C)=S.CSC(C)=S. The minimum Gasteiger partial charge on any atom is -0.123 e. The summed E-state index contributed by atoms with van der Waals surface area (Å²) in [6, 6.07) is 0. The Balaban J connectivity index is -0.0000000277. The van der Waals surface area contributed by atoms with Crippen molar-refractivity contribution in [3.63, 3.8) is 0 Å². The molecule has 0 aromatic heterocycles. The molecule has 0 saturated heterocycles. The van der Waals surface area contributed by atoms with E-state index < -0.39 is 0 Å². The van der Waals surface area contributed by atoms with Crippen molar-refractivity contribution >= 4 is 84.5 Å². The van der Waals surface area contributed by atoms with Crippen LogP contribution in [0.3, 0.4) is 0 Å². The lowest BCUT2D eigenvalue weighted by molar-refractivity contribution is 2.11. The minimum atomic E-state index is 0. The first-order valence-corrected chi connectivity index (χ1v) is 8.85. The van der Waals surface area contributed by atoms with Crippen LogP contribution in [0, 0.1) is 0 Å². The largest absolute Gasteiger partial charge is 0.123 e. The summed E-state index contributed by atoms with van der Waals surface area (Å²) in [6.07, 6.45) is 5.92. The predicted octanol–water partition coefficient (Wildman–Crippen LogP) is 7.00. The van der Waals surface area contributed by atoms with Crippen LogP contribution in [-0.4, -0.2) is 31.4 Å². The van der Waals surface area contributed by atoms with Gasteiger partial charge in [-0.15, -0.1) is 35.3 Å². The Morgan fingerprint density at radius 3 is 0.611 bits per heavy atom. The summed E-state index contributed by atoms with van der Waals surface area (Å²) >= 11 is 18.8. The zero-order valence-electron chi connectivity index (χ0n) is 9.95. The lowest BCUT2D eigenvalue weighted by Gasteiger charge is -1.76. The van der Waals surface area contributed by atoms with E-state index in [4.69, 9.17) is 0 Å². The van der Waals surface area contributed by atoms with E-state index >= 15 is 0 Å². The van der Waals surface area contributed by atoms with Crippen LogP contribution < -0.4 is 0 Å². The lowest BCUT2D eigenvalue weighted by Crippen LogP contribution is -1.66. The molecule has 0 atom stereocenters. The van der Waals surface area contributed by atoms with Crippen molar-refractivity contribution in [3.8, 4) is 0 Å². The van der Waals surface area contributed by atoms with Gasteiger partial charge < -0.3 is 0 Å². The summed E-state index contributed by atoms with van der Waals surface area (Å²) < 4.78 is 3.01. The maximum absolute atomic E-state index is 4.66. The second kappa shape index (κ2) is 31.0. The third-order valence-electron chi connectivity index (χ3n) is 0.862. The first-order valence-electron chi connectivity index (χ1n) is 3.95. The highest BCUT2D eigenvalue weighted by Gasteiger charge is 1.72. The Labute approximate surface area is 145 Å². The molecule has 0 spiro atoms. The molecule has 0 amide bonds. The van der Waals surface area contributed by atoms with Crippen molar-refractivity contribution in [2.45, 2.75) is 43.1 Å². The molecule has 0 unspecified atom stereocenters. The zero-order valence-corrected chi connectivity index (χ0v) is 14.8. The maximum atomic E-state index is 4.66. The van der Waals surface area contributed by atoms with E-state index in [2.05, 4.69) is 36.7 Å². The lowest BCUT2D eigenvalue weighted by atomic mass is 11.0. The van der Waals surface area contributed by atoms with Crippen molar-refractivity contribution < 1.29 is 0 Å². The number of thiocarbonyl (C=S) groups is 3. The topological polar surface area (TPSA) is 0 Å². The van der Waals surface area contributed by atoms with Gasteiger partial charge in [-0.05, 0) is 39.5 Å². The summed E-state index contributed by atoms with van der Waals surface area (Å²) in [7, 11) is 0. The van der Waals surface area contributed by atoms with Crippen molar-refractivity contribution in [2.75, 3.05) is 18.8 Å². The molecule has 0 aromatic rings. The highest BCUT2D eigenvalue weighted by molar-refractivity contribution is 8.23. The standard InChI is InChI=1S/3C3H6S2.3CH4/c3*1-3(4)5-2;;;/h3*1-2H3;3*1H4. The van der Waals surface area contributed by atoms with Crippen LogP contribution in [0.2, 0.25) is 0 Å². The Hall–Kier alpha value is 1.32. The van der Waals surface area contributed by atoms with Crippen LogP contribution >= 0.6 is 71.9 Å². The number of hydrogen-bond donors (Lipinski definition) is 0. The molecule has 0 fully saturated rings. The molecule has 0 aliphatic rings. The Kier molecular flexibility index (Phi) is 62.9. The molecule has 6 heteroatoms. The molecule has 0 radical (unpaired) electrons. The van der Waals surface area contributed by atoms with E-state index in [1.165, 1.54) is 0 Å². The summed E-state index contributed by atoms with van der Waals surface area (Å²) in [6.45, 7) is 5.75. The molecule has 0 aromatic carbocycles. The first kappa shape index (κ1) is 36.5. The van der Waals surface area contributed by atoms with Gasteiger partial charge in [-0.1, -0.05) is 58.9 Å². The number of thioether (sulfide) groups is 3. The van der Waals surface area contributed by atoms with Gasteiger partial charge >= 0.3 is 0 Å². The Morgan fingerprint density at radius 1 is 0.556 bits per heavy atom. The van der Waals surface area contributed by atoms with Crippen molar-refractivity contribution in [1.29, 1.82) is 0 Å². The summed E-state index contributed by atoms with van der Waals surface area (Å²) in [5.41, 5.74) is 0. The van der Waals surface area contributed by atoms with Gasteiger partial charge in [0.2, 0.25) is 0 Å². The fourth-order valence-electron chi connectivity index (χ4n) is 0. The summed E-state index contributed by atoms with van der Waals surface area (Å²) in [5, 5.41) is 0. The van der Waals surface area contributed by atoms with Crippen LogP contribution in [0.4, 0.5) is 0 Å². The van der Waals surface area contributed by atoms with Gasteiger partial charge in [0, 0.05) is 12.6 Å². The third-order valence-corrected chi connectivity index (χ3v) is 4.09. The normalized spacial score (nSPS) is 6.33. The summed E-state index contributed by atoms with van der Waals surface area (Å²) in [5.74, 6) is 0. The smallest absolute Gasteiger partial charge is 0.0444 e. The van der Waals surface area contributed by atoms with Crippen LogP contribution in [0.25, 0.3) is 0 Å². The van der Waals surface area contributed by atoms with Crippen LogP contribution in [-0.2, 0) is 0 Å². The van der Waals surface area contributed by atoms with Crippen LogP contribution in [0.5, 0.6) is 0 Å². The Bertz CT molecular complexity index is 156. The molecular weight excluding hydrogens is 337 g/mol. The van der Waals surface area contributed by atoms with Gasteiger partial charge in [-0.2, -0.15) is 0 Å². The molecular formula is C12H30S6. The molecule has 0 aliphatic heterocycles. The van der Waals surface area contributed by atoms with E-state index in [1.807, 2.05) is 39.5 Å². The van der Waals surface area contributed by atoms with Gasteiger partial charge in [0.05, 0.1) is 0 Å². The average Bonchev–Trinajstić information content (AvgIpc) is 2.19. The molecule has 0 rings (SSSR count). The molecule has 0 bridgehead atoms. The second-order valence-electron chi connectivity index (χ2n) is 2.09. The molecule has 0 aliphatic carbocycles. The quantitative estimate of drug-likeness (QED) is 0.420. The van der Waals surface area contributed by atoms with Crippen molar-refractivity contribution in [3.05, 3.63) is 0 Å².